The number of nitrogens with one attached hydrogen (secondary N) is 1. The molecule has 2 unspecified atom stereocenters. The van der Waals surface area contributed by atoms with E-state index in [9.17, 15) is 0 Å². The Morgan fingerprint density at radius 2 is 2.17 bits per heavy atom. The summed E-state index contributed by atoms with van der Waals surface area (Å²) in [7, 11) is 0. The van der Waals surface area contributed by atoms with Gasteiger partial charge in [0.05, 0.1) is 6.54 Å². The first-order valence-corrected chi connectivity index (χ1v) is 6.88. The summed E-state index contributed by atoms with van der Waals surface area (Å²) in [4.78, 5) is 11.2. The highest BCUT2D eigenvalue weighted by Gasteiger charge is 2.30. The van der Waals surface area contributed by atoms with Crippen LogP contribution in [0.1, 0.15) is 39.4 Å². The van der Waals surface area contributed by atoms with Crippen LogP contribution in [0.5, 0.6) is 0 Å². The number of rotatable bonds is 3. The molecule has 0 radical (unpaired) electrons. The molecule has 1 aromatic rings. The zero-order chi connectivity index (χ0) is 13.0. The van der Waals surface area contributed by atoms with Crippen molar-refractivity contribution in [2.75, 3.05) is 13.1 Å². The van der Waals surface area contributed by atoms with Gasteiger partial charge in [0.15, 0.2) is 0 Å². The van der Waals surface area contributed by atoms with Crippen LogP contribution in [0.4, 0.5) is 0 Å². The van der Waals surface area contributed by atoms with Gasteiger partial charge in [-0.05, 0) is 39.3 Å². The summed E-state index contributed by atoms with van der Waals surface area (Å²) in [6.07, 6.45) is 5.97. The fourth-order valence-electron chi connectivity index (χ4n) is 2.47. The third-order valence-corrected chi connectivity index (χ3v) is 4.03. The highest BCUT2D eigenvalue weighted by molar-refractivity contribution is 4.94. The molecule has 2 heterocycles. The maximum absolute atomic E-state index is 4.34. The van der Waals surface area contributed by atoms with E-state index < -0.39 is 0 Å². The molecule has 100 valence electrons. The van der Waals surface area contributed by atoms with E-state index in [1.54, 1.807) is 0 Å². The van der Waals surface area contributed by atoms with E-state index >= 15 is 0 Å². The Bertz CT molecular complexity index is 367. The average molecular weight is 248 g/mol. The van der Waals surface area contributed by atoms with Crippen LogP contribution < -0.4 is 5.32 Å². The van der Waals surface area contributed by atoms with Crippen molar-refractivity contribution in [2.24, 2.45) is 0 Å². The number of aromatic nitrogens is 2. The van der Waals surface area contributed by atoms with Crippen LogP contribution in [0.3, 0.4) is 0 Å². The summed E-state index contributed by atoms with van der Waals surface area (Å²) < 4.78 is 0. The summed E-state index contributed by atoms with van der Waals surface area (Å²) >= 11 is 0. The first-order chi connectivity index (χ1) is 8.63. The Balaban J connectivity index is 2.08. The Morgan fingerprint density at radius 3 is 2.83 bits per heavy atom. The molecule has 0 bridgehead atoms. The quantitative estimate of drug-likeness (QED) is 0.886. The van der Waals surface area contributed by atoms with E-state index in [1.807, 2.05) is 18.5 Å². The van der Waals surface area contributed by atoms with Crippen molar-refractivity contribution < 1.29 is 0 Å². The molecule has 1 aromatic heterocycles. The van der Waals surface area contributed by atoms with Crippen LogP contribution in [0.2, 0.25) is 0 Å². The molecule has 4 heteroatoms. The van der Waals surface area contributed by atoms with Gasteiger partial charge in [-0.15, -0.1) is 0 Å². The molecule has 0 aromatic carbocycles. The third-order valence-electron chi connectivity index (χ3n) is 4.03. The maximum Gasteiger partial charge on any atom is 0.142 e. The molecule has 0 amide bonds. The molecular weight excluding hydrogens is 224 g/mol. The molecule has 2 atom stereocenters. The molecule has 4 nitrogen and oxygen atoms in total. The molecule has 1 aliphatic rings. The van der Waals surface area contributed by atoms with Gasteiger partial charge in [-0.3, -0.25) is 4.90 Å². The first-order valence-electron chi connectivity index (χ1n) is 6.88. The minimum Gasteiger partial charge on any atom is -0.310 e. The van der Waals surface area contributed by atoms with Crippen LogP contribution >= 0.6 is 0 Å². The van der Waals surface area contributed by atoms with Gasteiger partial charge < -0.3 is 5.32 Å². The minimum absolute atomic E-state index is 0.208. The lowest BCUT2D eigenvalue weighted by molar-refractivity contribution is 0.160. The molecule has 0 spiro atoms. The van der Waals surface area contributed by atoms with Gasteiger partial charge in [-0.25, -0.2) is 9.97 Å². The van der Waals surface area contributed by atoms with Crippen LogP contribution in [-0.4, -0.2) is 39.5 Å². The van der Waals surface area contributed by atoms with Crippen molar-refractivity contribution in [3.05, 3.63) is 24.3 Å². The van der Waals surface area contributed by atoms with E-state index in [0.717, 1.165) is 31.9 Å². The second-order valence-electron chi connectivity index (χ2n) is 5.55. The standard InChI is InChI=1S/C14H24N4/c1-4-14(3)11-18(12(2)6-9-17-14)10-13-15-7-5-8-16-13/h5,7-8,12,17H,4,6,9-11H2,1-3H3. The third kappa shape index (κ3) is 3.27. The summed E-state index contributed by atoms with van der Waals surface area (Å²) in [6, 6.07) is 2.45. The zero-order valence-corrected chi connectivity index (χ0v) is 11.7. The monoisotopic (exact) mass is 248 g/mol. The lowest BCUT2D eigenvalue weighted by Crippen LogP contribution is -2.49. The van der Waals surface area contributed by atoms with E-state index in [-0.39, 0.29) is 5.54 Å². The van der Waals surface area contributed by atoms with Gasteiger partial charge in [0.2, 0.25) is 0 Å². The SMILES string of the molecule is CCC1(C)CN(Cc2ncccn2)C(C)CCN1. The topological polar surface area (TPSA) is 41.1 Å². The molecule has 18 heavy (non-hydrogen) atoms. The lowest BCUT2D eigenvalue weighted by atomic mass is 9.98. The molecule has 1 fully saturated rings. The summed E-state index contributed by atoms with van der Waals surface area (Å²) in [5.41, 5.74) is 0.208. The van der Waals surface area contributed by atoms with Crippen molar-refractivity contribution in [1.29, 1.82) is 0 Å². The second-order valence-corrected chi connectivity index (χ2v) is 5.55. The second kappa shape index (κ2) is 5.76. The van der Waals surface area contributed by atoms with Crippen molar-refractivity contribution >= 4 is 0 Å². The van der Waals surface area contributed by atoms with Gasteiger partial charge >= 0.3 is 0 Å². The van der Waals surface area contributed by atoms with Gasteiger partial charge in [-0.1, -0.05) is 6.92 Å². The van der Waals surface area contributed by atoms with Gasteiger partial charge in [-0.2, -0.15) is 0 Å². The fraction of sp³-hybridized carbons (Fsp3) is 0.714. The Hall–Kier alpha value is -1.00. The largest absolute Gasteiger partial charge is 0.310 e. The molecule has 2 rings (SSSR count). The van der Waals surface area contributed by atoms with Crippen LogP contribution in [-0.2, 0) is 6.54 Å². The first kappa shape index (κ1) is 13.4. The molecule has 1 aliphatic heterocycles. The van der Waals surface area contributed by atoms with Crippen molar-refractivity contribution in [1.82, 2.24) is 20.2 Å². The number of hydrogen-bond donors (Lipinski definition) is 1. The van der Waals surface area contributed by atoms with Crippen molar-refractivity contribution in [3.8, 4) is 0 Å². The molecule has 0 saturated carbocycles. The van der Waals surface area contributed by atoms with E-state index in [4.69, 9.17) is 0 Å². The highest BCUT2D eigenvalue weighted by Crippen LogP contribution is 2.20. The van der Waals surface area contributed by atoms with Gasteiger partial charge in [0, 0.05) is 30.5 Å². The summed E-state index contributed by atoms with van der Waals surface area (Å²) in [5.74, 6) is 0.921. The fourth-order valence-corrected chi connectivity index (χ4v) is 2.47. The molecule has 1 saturated heterocycles. The van der Waals surface area contributed by atoms with Crippen molar-refractivity contribution in [3.63, 3.8) is 0 Å². The lowest BCUT2D eigenvalue weighted by Gasteiger charge is -2.34. The Labute approximate surface area is 110 Å². The highest BCUT2D eigenvalue weighted by atomic mass is 15.2. The van der Waals surface area contributed by atoms with Crippen LogP contribution in [0.15, 0.2) is 18.5 Å². The van der Waals surface area contributed by atoms with Crippen LogP contribution in [0, 0.1) is 0 Å². The molecular formula is C14H24N4. The molecule has 0 aliphatic carbocycles. The number of nitrogens with zero attached hydrogens (tertiary/aromatic N) is 3. The Kier molecular flexibility index (Phi) is 4.30. The number of hydrogen-bond acceptors (Lipinski definition) is 4. The normalized spacial score (nSPS) is 30.1. The van der Waals surface area contributed by atoms with E-state index in [2.05, 4.69) is 41.0 Å². The molecule has 1 N–H and O–H groups in total. The predicted molar refractivity (Wildman–Crippen MR) is 73.2 cm³/mol. The maximum atomic E-state index is 4.34. The van der Waals surface area contributed by atoms with Crippen LogP contribution in [0.25, 0.3) is 0 Å². The average Bonchev–Trinajstić information content (AvgIpc) is 2.52. The Morgan fingerprint density at radius 1 is 1.44 bits per heavy atom. The van der Waals surface area contributed by atoms with Gasteiger partial charge in [0.25, 0.3) is 0 Å². The van der Waals surface area contributed by atoms with E-state index in [0.29, 0.717) is 6.04 Å². The van der Waals surface area contributed by atoms with Crippen molar-refractivity contribution in [2.45, 2.75) is 51.7 Å². The minimum atomic E-state index is 0.208. The van der Waals surface area contributed by atoms with E-state index in [1.165, 1.54) is 6.42 Å². The summed E-state index contributed by atoms with van der Waals surface area (Å²) in [6.45, 7) is 9.86. The van der Waals surface area contributed by atoms with Gasteiger partial charge in [0.1, 0.15) is 5.82 Å². The summed E-state index contributed by atoms with van der Waals surface area (Å²) in [5, 5.41) is 3.67. The predicted octanol–water partition coefficient (Wildman–Crippen LogP) is 1.83. The smallest absolute Gasteiger partial charge is 0.142 e. The zero-order valence-electron chi connectivity index (χ0n) is 11.7.